The van der Waals surface area contributed by atoms with Gasteiger partial charge < -0.3 is 20.1 Å². The zero-order valence-corrected chi connectivity index (χ0v) is 21.0. The largest absolute Gasteiger partial charge is 0.416 e. The molecule has 0 radical (unpaired) electrons. The van der Waals surface area contributed by atoms with E-state index < -0.39 is 17.2 Å². The quantitative estimate of drug-likeness (QED) is 0.185. The number of halogens is 4. The molecule has 2 aliphatic rings. The van der Waals surface area contributed by atoms with E-state index in [1.807, 2.05) is 6.92 Å². The second kappa shape index (κ2) is 13.0. The summed E-state index contributed by atoms with van der Waals surface area (Å²) in [5.41, 5.74) is -0.398. The number of rotatable bonds is 10. The summed E-state index contributed by atoms with van der Waals surface area (Å²) in [6.45, 7) is 6.46. The third-order valence-electron chi connectivity index (χ3n) is 5.94. The molecule has 0 aromatic heterocycles. The van der Waals surface area contributed by atoms with Crippen molar-refractivity contribution in [2.75, 3.05) is 46.1 Å². The number of hydrogen-bond acceptors (Lipinski definition) is 3. The lowest BCUT2D eigenvalue weighted by atomic mass is 9.74. The van der Waals surface area contributed by atoms with Crippen molar-refractivity contribution in [3.63, 3.8) is 0 Å². The summed E-state index contributed by atoms with van der Waals surface area (Å²) in [5.74, 6) is 1.45. The lowest BCUT2D eigenvalue weighted by molar-refractivity contribution is -0.137. The van der Waals surface area contributed by atoms with E-state index in [2.05, 4.69) is 10.6 Å². The van der Waals surface area contributed by atoms with Gasteiger partial charge in [-0.25, -0.2) is 0 Å². The fourth-order valence-corrected chi connectivity index (χ4v) is 3.81. The number of ether oxygens (including phenoxy) is 2. The van der Waals surface area contributed by atoms with Crippen LogP contribution in [0.15, 0.2) is 29.3 Å². The van der Waals surface area contributed by atoms with Gasteiger partial charge in [0.2, 0.25) is 0 Å². The van der Waals surface area contributed by atoms with Crippen molar-refractivity contribution in [3.8, 4) is 0 Å². The highest BCUT2D eigenvalue weighted by Crippen LogP contribution is 2.38. The monoisotopic (exact) mass is 569 g/mol. The van der Waals surface area contributed by atoms with Crippen LogP contribution < -0.4 is 10.6 Å². The third-order valence-corrected chi connectivity index (χ3v) is 5.94. The topological polar surface area (TPSA) is 54.9 Å². The van der Waals surface area contributed by atoms with Crippen LogP contribution in [0, 0.1) is 5.92 Å². The van der Waals surface area contributed by atoms with E-state index >= 15 is 0 Å². The van der Waals surface area contributed by atoms with Gasteiger partial charge in [-0.15, -0.1) is 24.0 Å². The van der Waals surface area contributed by atoms with Gasteiger partial charge in [-0.05, 0) is 56.6 Å². The molecule has 1 aliphatic heterocycles. The van der Waals surface area contributed by atoms with Crippen LogP contribution in [0.5, 0.6) is 0 Å². The van der Waals surface area contributed by atoms with Gasteiger partial charge in [0, 0.05) is 44.9 Å². The highest BCUT2D eigenvalue weighted by atomic mass is 127. The molecule has 32 heavy (non-hydrogen) atoms. The van der Waals surface area contributed by atoms with E-state index in [4.69, 9.17) is 14.5 Å². The summed E-state index contributed by atoms with van der Waals surface area (Å²) in [6.07, 6.45) is 0.383. The number of alkyl halides is 3. The number of hydrogen-bond donors (Lipinski definition) is 2. The molecule has 0 unspecified atom stereocenters. The van der Waals surface area contributed by atoms with Crippen LogP contribution in [0.2, 0.25) is 0 Å². The molecule has 1 aliphatic carbocycles. The van der Waals surface area contributed by atoms with Crippen LogP contribution in [0.4, 0.5) is 13.2 Å². The summed E-state index contributed by atoms with van der Waals surface area (Å²) < 4.78 is 51.0. The predicted molar refractivity (Wildman–Crippen MR) is 131 cm³/mol. The van der Waals surface area contributed by atoms with E-state index in [0.717, 1.165) is 31.6 Å². The second-order valence-corrected chi connectivity index (χ2v) is 8.47. The molecule has 1 aromatic carbocycles. The third kappa shape index (κ3) is 8.37. The van der Waals surface area contributed by atoms with E-state index in [1.54, 1.807) is 6.07 Å². The molecule has 1 heterocycles. The maximum Gasteiger partial charge on any atom is 0.416 e. The minimum absolute atomic E-state index is 0. The van der Waals surface area contributed by atoms with Gasteiger partial charge in [0.1, 0.15) is 0 Å². The first-order valence-electron chi connectivity index (χ1n) is 11.3. The van der Waals surface area contributed by atoms with Crippen molar-refractivity contribution in [1.82, 2.24) is 10.6 Å². The van der Waals surface area contributed by atoms with Crippen molar-refractivity contribution >= 4 is 29.9 Å². The highest BCUT2D eigenvalue weighted by molar-refractivity contribution is 14.0. The van der Waals surface area contributed by atoms with Gasteiger partial charge in [-0.3, -0.25) is 4.99 Å². The van der Waals surface area contributed by atoms with Crippen molar-refractivity contribution in [2.24, 2.45) is 10.9 Å². The lowest BCUT2D eigenvalue weighted by Crippen LogP contribution is -2.41. The molecule has 0 atom stereocenters. The Morgan fingerprint density at radius 3 is 2.62 bits per heavy atom. The van der Waals surface area contributed by atoms with E-state index in [9.17, 15) is 13.2 Å². The summed E-state index contributed by atoms with van der Waals surface area (Å²) in [6, 6.07) is 5.67. The predicted octanol–water partition coefficient (Wildman–Crippen LogP) is 4.74. The standard InChI is InChI=1S/C23H34F3N3O2.HI/c1-2-27-21(28-11-4-12-31-16-18-7-8-18)29-17-22(9-13-30-14-10-22)19-5-3-6-20(15-19)23(24,25)26;/h3,5-6,15,18H,2,4,7-14,16-17H2,1H3,(H2,27,28,29);1H. The maximum atomic E-state index is 13.3. The minimum Gasteiger partial charge on any atom is -0.381 e. The normalized spacial score (nSPS) is 18.7. The minimum atomic E-state index is -4.36. The van der Waals surface area contributed by atoms with Crippen LogP contribution in [-0.2, 0) is 21.1 Å². The zero-order valence-electron chi connectivity index (χ0n) is 18.7. The van der Waals surface area contributed by atoms with Crippen LogP contribution >= 0.6 is 24.0 Å². The lowest BCUT2D eigenvalue weighted by Gasteiger charge is -2.37. The van der Waals surface area contributed by atoms with Gasteiger partial charge >= 0.3 is 6.18 Å². The fraction of sp³-hybridized carbons (Fsp3) is 0.696. The van der Waals surface area contributed by atoms with Crippen molar-refractivity contribution in [1.29, 1.82) is 0 Å². The van der Waals surface area contributed by atoms with Crippen molar-refractivity contribution in [3.05, 3.63) is 35.4 Å². The fourth-order valence-electron chi connectivity index (χ4n) is 3.81. The Morgan fingerprint density at radius 2 is 1.97 bits per heavy atom. The first-order valence-corrected chi connectivity index (χ1v) is 11.3. The Hall–Kier alpha value is -1.07. The Labute approximate surface area is 205 Å². The molecule has 182 valence electrons. The summed E-state index contributed by atoms with van der Waals surface area (Å²) in [4.78, 5) is 4.75. The maximum absolute atomic E-state index is 13.3. The SMILES string of the molecule is CCNC(=NCC1(c2cccc(C(F)(F)F)c2)CCOCC1)NCCCOCC1CC1.I. The van der Waals surface area contributed by atoms with E-state index in [0.29, 0.717) is 57.3 Å². The molecule has 1 aromatic rings. The smallest absolute Gasteiger partial charge is 0.381 e. The molecule has 2 fully saturated rings. The number of benzene rings is 1. The van der Waals surface area contributed by atoms with Crippen LogP contribution in [0.3, 0.4) is 0 Å². The Balaban J connectivity index is 0.00000363. The Morgan fingerprint density at radius 1 is 1.22 bits per heavy atom. The van der Waals surface area contributed by atoms with Gasteiger partial charge in [0.15, 0.2) is 5.96 Å². The number of nitrogens with one attached hydrogen (secondary N) is 2. The molecule has 0 bridgehead atoms. The second-order valence-electron chi connectivity index (χ2n) is 8.47. The summed E-state index contributed by atoms with van der Waals surface area (Å²) in [5, 5.41) is 6.55. The van der Waals surface area contributed by atoms with Crippen molar-refractivity contribution < 1.29 is 22.6 Å². The number of nitrogens with zero attached hydrogens (tertiary/aromatic N) is 1. The molecule has 1 saturated carbocycles. The van der Waals surface area contributed by atoms with E-state index in [1.165, 1.54) is 25.0 Å². The molecular formula is C23H35F3IN3O2. The van der Waals surface area contributed by atoms with Gasteiger partial charge in [0.05, 0.1) is 12.1 Å². The average molecular weight is 569 g/mol. The van der Waals surface area contributed by atoms with Gasteiger partial charge in [-0.2, -0.15) is 13.2 Å². The summed E-state index contributed by atoms with van der Waals surface area (Å²) >= 11 is 0. The average Bonchev–Trinajstić information content (AvgIpc) is 3.59. The molecule has 3 rings (SSSR count). The van der Waals surface area contributed by atoms with Crippen LogP contribution in [0.25, 0.3) is 0 Å². The number of aliphatic imine (C=N–C) groups is 1. The molecule has 2 N–H and O–H groups in total. The van der Waals surface area contributed by atoms with Crippen LogP contribution in [-0.4, -0.2) is 52.0 Å². The zero-order chi connectivity index (χ0) is 22.2. The van der Waals surface area contributed by atoms with Gasteiger partial charge in [0.25, 0.3) is 0 Å². The van der Waals surface area contributed by atoms with Crippen LogP contribution in [0.1, 0.15) is 50.2 Å². The van der Waals surface area contributed by atoms with Crippen molar-refractivity contribution in [2.45, 2.75) is 50.6 Å². The molecule has 0 amide bonds. The first kappa shape index (κ1) is 27.2. The Bertz CT molecular complexity index is 721. The Kier molecular flexibility index (Phi) is 11.0. The molecular weight excluding hydrogens is 534 g/mol. The highest BCUT2D eigenvalue weighted by Gasteiger charge is 2.37. The van der Waals surface area contributed by atoms with E-state index in [-0.39, 0.29) is 24.0 Å². The molecule has 0 spiro atoms. The molecule has 5 nitrogen and oxygen atoms in total. The van der Waals surface area contributed by atoms with Gasteiger partial charge in [-0.1, -0.05) is 18.2 Å². The molecule has 9 heteroatoms. The summed E-state index contributed by atoms with van der Waals surface area (Å²) in [7, 11) is 0. The number of guanidine groups is 1. The first-order chi connectivity index (χ1) is 14.9. The molecule has 1 saturated heterocycles.